The van der Waals surface area contributed by atoms with Crippen molar-refractivity contribution in [3.8, 4) is 46.0 Å². The monoisotopic (exact) mass is 746 g/mol. The zero-order chi connectivity index (χ0) is 39.7. The van der Waals surface area contributed by atoms with E-state index in [0.29, 0.717) is 36.8 Å². The molecule has 0 fully saturated rings. The molecule has 0 spiro atoms. The van der Waals surface area contributed by atoms with Crippen molar-refractivity contribution < 1.29 is 50.1 Å². The number of ketones is 2. The van der Waals surface area contributed by atoms with E-state index in [2.05, 4.69) is 6.08 Å². The summed E-state index contributed by atoms with van der Waals surface area (Å²) >= 11 is 0. The first kappa shape index (κ1) is 38.6. The predicted octanol–water partition coefficient (Wildman–Crippen LogP) is 9.28. The van der Waals surface area contributed by atoms with Crippen LogP contribution in [0.15, 0.2) is 95.6 Å². The largest absolute Gasteiger partial charge is 0.508 e. The minimum Gasteiger partial charge on any atom is -0.508 e. The van der Waals surface area contributed by atoms with Gasteiger partial charge in [-0.1, -0.05) is 41.0 Å². The van der Waals surface area contributed by atoms with Crippen molar-refractivity contribution in [2.24, 2.45) is 5.92 Å². The fourth-order valence-corrected chi connectivity index (χ4v) is 7.76. The number of aromatic hydroxyl groups is 7. The second kappa shape index (κ2) is 15.7. The van der Waals surface area contributed by atoms with Crippen molar-refractivity contribution in [3.63, 3.8) is 0 Å². The summed E-state index contributed by atoms with van der Waals surface area (Å²) in [4.78, 5) is 28.9. The SMILES string of the molecule is CC(C)=CCCC1=C[C@@H](c2c(O)cc3c(c2O)C(=O)CC(c2ccc(O)cc2O)O3)[C@H](C(=O)c2ccc(O)c(CC=C(C)C)c2)[C@@H](c2ccc(O)cc2O)C1. The van der Waals surface area contributed by atoms with E-state index >= 15 is 4.79 Å². The molecule has 0 amide bonds. The van der Waals surface area contributed by atoms with Gasteiger partial charge in [0.25, 0.3) is 0 Å². The molecule has 1 unspecified atom stereocenters. The summed E-state index contributed by atoms with van der Waals surface area (Å²) in [6.07, 6.45) is 6.55. The molecule has 10 nitrogen and oxygen atoms in total. The van der Waals surface area contributed by atoms with Crippen LogP contribution in [-0.4, -0.2) is 47.3 Å². The van der Waals surface area contributed by atoms with Gasteiger partial charge in [0, 0.05) is 52.6 Å². The molecular formula is C45H46O10. The fraction of sp³-hybridized carbons (Fsp3) is 0.289. The van der Waals surface area contributed by atoms with Gasteiger partial charge in [0.1, 0.15) is 57.7 Å². The van der Waals surface area contributed by atoms with E-state index in [4.69, 9.17) is 4.74 Å². The molecule has 1 heterocycles. The normalized spacial score (nSPS) is 19.1. The predicted molar refractivity (Wildman–Crippen MR) is 208 cm³/mol. The Kier molecular flexibility index (Phi) is 11.0. The van der Waals surface area contributed by atoms with Crippen molar-refractivity contribution in [1.82, 2.24) is 0 Å². The molecule has 4 aromatic rings. The summed E-state index contributed by atoms with van der Waals surface area (Å²) in [5, 5.41) is 76.2. The Morgan fingerprint density at radius 1 is 0.745 bits per heavy atom. The topological polar surface area (TPSA) is 185 Å². The van der Waals surface area contributed by atoms with Gasteiger partial charge in [-0.25, -0.2) is 0 Å². The first-order valence-electron chi connectivity index (χ1n) is 18.3. The summed E-state index contributed by atoms with van der Waals surface area (Å²) in [6, 6.07) is 13.9. The molecule has 2 aliphatic rings. The first-order valence-corrected chi connectivity index (χ1v) is 18.3. The Morgan fingerprint density at radius 3 is 2.04 bits per heavy atom. The number of phenols is 7. The summed E-state index contributed by atoms with van der Waals surface area (Å²) in [6.45, 7) is 7.84. The first-order chi connectivity index (χ1) is 26.1. The summed E-state index contributed by atoms with van der Waals surface area (Å²) in [5.41, 5.74) is 4.19. The standard InChI is InChI=1S/C45H46O10/c1-23(2)6-5-7-25-16-32(30-13-11-28(46)19-35(30)49)41(44(53)27-10-15-34(48)26(18-27)9-8-24(3)4)33(17-25)42-37(51)22-40-43(45(42)54)38(52)21-39(55-40)31-14-12-29(47)20-36(31)50/h6,8,10-15,17-20,22,32-33,39,41,46-51,54H,5,7,9,16,21H2,1-4H3/t32-,33-,39?,41-/m1/s1. The Labute approximate surface area is 319 Å². The molecule has 0 saturated carbocycles. The van der Waals surface area contributed by atoms with Crippen LogP contribution in [0.4, 0.5) is 0 Å². The lowest BCUT2D eigenvalue weighted by atomic mass is 9.64. The van der Waals surface area contributed by atoms with Gasteiger partial charge in [0.15, 0.2) is 11.6 Å². The van der Waals surface area contributed by atoms with Gasteiger partial charge in [-0.2, -0.15) is 0 Å². The minimum absolute atomic E-state index is 0.0193. The molecule has 7 N–H and O–H groups in total. The number of hydrogen-bond acceptors (Lipinski definition) is 10. The average molecular weight is 747 g/mol. The van der Waals surface area contributed by atoms with E-state index in [9.17, 15) is 40.5 Å². The lowest BCUT2D eigenvalue weighted by molar-refractivity contribution is 0.0841. The molecule has 1 aliphatic carbocycles. The zero-order valence-corrected chi connectivity index (χ0v) is 31.2. The Bertz CT molecular complexity index is 2250. The van der Waals surface area contributed by atoms with Gasteiger partial charge in [-0.05, 0) is 101 Å². The fourth-order valence-electron chi connectivity index (χ4n) is 7.76. The molecule has 286 valence electrons. The second-order valence-corrected chi connectivity index (χ2v) is 15.0. The Balaban J connectivity index is 1.53. The van der Waals surface area contributed by atoms with Crippen molar-refractivity contribution in [3.05, 3.63) is 129 Å². The van der Waals surface area contributed by atoms with Gasteiger partial charge in [0.05, 0.1) is 6.42 Å². The van der Waals surface area contributed by atoms with Crippen molar-refractivity contribution in [1.29, 1.82) is 0 Å². The van der Waals surface area contributed by atoms with Gasteiger partial charge < -0.3 is 40.5 Å². The maximum absolute atomic E-state index is 15.0. The third kappa shape index (κ3) is 8.04. The molecule has 1 aliphatic heterocycles. The van der Waals surface area contributed by atoms with E-state index in [-0.39, 0.29) is 69.0 Å². The number of phenolic OH excluding ortho intramolecular Hbond substituents is 7. The third-order valence-corrected chi connectivity index (χ3v) is 10.4. The third-order valence-electron chi connectivity index (χ3n) is 10.4. The number of hydrogen-bond donors (Lipinski definition) is 7. The number of rotatable bonds is 10. The lowest BCUT2D eigenvalue weighted by Crippen LogP contribution is -2.32. The number of benzene rings is 4. The van der Waals surface area contributed by atoms with Crippen molar-refractivity contribution in [2.45, 2.75) is 77.7 Å². The number of ether oxygens (including phenoxy) is 1. The highest BCUT2D eigenvalue weighted by Gasteiger charge is 2.45. The maximum Gasteiger partial charge on any atom is 0.174 e. The molecule has 4 atom stereocenters. The Morgan fingerprint density at radius 2 is 1.40 bits per heavy atom. The molecule has 0 aromatic heterocycles. The number of allylic oxidation sites excluding steroid dienone is 6. The quantitative estimate of drug-likeness (QED) is 0.0609. The van der Waals surface area contributed by atoms with Crippen molar-refractivity contribution in [2.75, 3.05) is 0 Å². The van der Waals surface area contributed by atoms with Crippen LogP contribution in [0.2, 0.25) is 0 Å². The van der Waals surface area contributed by atoms with Crippen LogP contribution < -0.4 is 4.74 Å². The van der Waals surface area contributed by atoms with Crippen LogP contribution >= 0.6 is 0 Å². The molecule has 4 aromatic carbocycles. The molecule has 0 saturated heterocycles. The molecule has 10 heteroatoms. The summed E-state index contributed by atoms with van der Waals surface area (Å²) in [5.74, 6) is -5.66. The van der Waals surface area contributed by atoms with E-state index in [0.717, 1.165) is 22.8 Å². The van der Waals surface area contributed by atoms with Gasteiger partial charge >= 0.3 is 0 Å². The highest BCUT2D eigenvalue weighted by atomic mass is 16.5. The molecule has 6 rings (SSSR count). The highest BCUT2D eigenvalue weighted by Crippen LogP contribution is 2.55. The van der Waals surface area contributed by atoms with E-state index < -0.39 is 41.1 Å². The van der Waals surface area contributed by atoms with E-state index in [1.807, 2.05) is 39.8 Å². The molecular weight excluding hydrogens is 700 g/mol. The number of Topliss-reactive ketones (excluding diaryl/α,β-unsaturated/α-hetero) is 2. The van der Waals surface area contributed by atoms with Crippen LogP contribution in [-0.2, 0) is 6.42 Å². The number of fused-ring (bicyclic) bond motifs is 1. The zero-order valence-electron chi connectivity index (χ0n) is 31.2. The maximum atomic E-state index is 15.0. The van der Waals surface area contributed by atoms with E-state index in [1.165, 1.54) is 42.5 Å². The molecule has 0 bridgehead atoms. The minimum atomic E-state index is -1.06. The van der Waals surface area contributed by atoms with Gasteiger partial charge in [0.2, 0.25) is 0 Å². The highest BCUT2D eigenvalue weighted by molar-refractivity contribution is 6.04. The smallest absolute Gasteiger partial charge is 0.174 e. The Hall–Kier alpha value is -6.16. The van der Waals surface area contributed by atoms with Crippen LogP contribution in [0.3, 0.4) is 0 Å². The summed E-state index contributed by atoms with van der Waals surface area (Å²) in [7, 11) is 0. The molecule has 0 radical (unpaired) electrons. The number of carbonyl (C=O) groups is 2. The van der Waals surface area contributed by atoms with Gasteiger partial charge in [-0.3, -0.25) is 9.59 Å². The van der Waals surface area contributed by atoms with Crippen molar-refractivity contribution >= 4 is 11.6 Å². The van der Waals surface area contributed by atoms with Crippen LogP contribution in [0, 0.1) is 5.92 Å². The van der Waals surface area contributed by atoms with Gasteiger partial charge in [-0.15, -0.1) is 0 Å². The molecule has 55 heavy (non-hydrogen) atoms. The summed E-state index contributed by atoms with van der Waals surface area (Å²) < 4.78 is 6.08. The average Bonchev–Trinajstić information content (AvgIpc) is 3.10. The van der Waals surface area contributed by atoms with E-state index in [1.54, 1.807) is 12.1 Å². The lowest BCUT2D eigenvalue weighted by Gasteiger charge is -2.38. The second-order valence-electron chi connectivity index (χ2n) is 15.0. The van der Waals surface area contributed by atoms with Crippen LogP contribution in [0.5, 0.6) is 46.0 Å². The number of carbonyl (C=O) groups excluding carboxylic acids is 2. The van der Waals surface area contributed by atoms with Crippen LogP contribution in [0.25, 0.3) is 0 Å². The van der Waals surface area contributed by atoms with Crippen LogP contribution in [0.1, 0.15) is 114 Å².